The van der Waals surface area contributed by atoms with Crippen LogP contribution in [0.2, 0.25) is 0 Å². The molecular weight excluding hydrogens is 326 g/mol. The number of hydrogen-bond acceptors (Lipinski definition) is 7. The SMILES string of the molecule is CCCNc1nc(CSCCS(C)(=O)=O)nc2sccc12. The predicted molar refractivity (Wildman–Crippen MR) is 92.1 cm³/mol. The molecule has 2 heterocycles. The number of nitrogens with one attached hydrogen (secondary N) is 1. The van der Waals surface area contributed by atoms with Crippen molar-refractivity contribution < 1.29 is 8.42 Å². The van der Waals surface area contributed by atoms with Crippen LogP contribution in [0, 0.1) is 0 Å². The van der Waals surface area contributed by atoms with Gasteiger partial charge >= 0.3 is 0 Å². The van der Waals surface area contributed by atoms with E-state index in [2.05, 4.69) is 22.2 Å². The first-order valence-corrected chi connectivity index (χ1v) is 10.8. The van der Waals surface area contributed by atoms with Gasteiger partial charge in [0.05, 0.1) is 16.9 Å². The number of thiophene rings is 1. The van der Waals surface area contributed by atoms with Crippen LogP contribution in [0.25, 0.3) is 10.2 Å². The third kappa shape index (κ3) is 5.12. The lowest BCUT2D eigenvalue weighted by Crippen LogP contribution is -2.07. The molecule has 0 saturated carbocycles. The van der Waals surface area contributed by atoms with Crippen LogP contribution < -0.4 is 5.32 Å². The molecule has 0 saturated heterocycles. The van der Waals surface area contributed by atoms with Crippen LogP contribution in [-0.2, 0) is 15.6 Å². The zero-order valence-electron chi connectivity index (χ0n) is 12.1. The Labute approximate surface area is 133 Å². The molecule has 0 aliphatic carbocycles. The molecule has 116 valence electrons. The normalized spacial score (nSPS) is 11.9. The molecule has 5 nitrogen and oxygen atoms in total. The number of thioether (sulfide) groups is 1. The molecule has 0 spiro atoms. The Morgan fingerprint density at radius 3 is 2.90 bits per heavy atom. The number of anilines is 1. The number of nitrogens with zero attached hydrogens (tertiary/aromatic N) is 2. The second-order valence-electron chi connectivity index (χ2n) is 4.74. The summed E-state index contributed by atoms with van der Waals surface area (Å²) in [7, 11) is -2.90. The van der Waals surface area contributed by atoms with Gasteiger partial charge in [0.2, 0.25) is 0 Å². The monoisotopic (exact) mass is 345 g/mol. The Kier molecular flexibility index (Phi) is 5.83. The second-order valence-corrected chi connectivity index (χ2v) is 9.00. The highest BCUT2D eigenvalue weighted by Gasteiger charge is 2.09. The molecule has 0 radical (unpaired) electrons. The summed E-state index contributed by atoms with van der Waals surface area (Å²) in [4.78, 5) is 10.1. The molecule has 1 N–H and O–H groups in total. The van der Waals surface area contributed by atoms with Crippen molar-refractivity contribution in [3.05, 3.63) is 17.3 Å². The molecule has 21 heavy (non-hydrogen) atoms. The van der Waals surface area contributed by atoms with Crippen LogP contribution >= 0.6 is 23.1 Å². The molecule has 2 rings (SSSR count). The smallest absolute Gasteiger partial charge is 0.148 e. The van der Waals surface area contributed by atoms with Crippen molar-refractivity contribution >= 4 is 49.0 Å². The van der Waals surface area contributed by atoms with Gasteiger partial charge < -0.3 is 5.32 Å². The molecular formula is C13H19N3O2S3. The zero-order valence-corrected chi connectivity index (χ0v) is 14.6. The first kappa shape index (κ1) is 16.5. The van der Waals surface area contributed by atoms with E-state index in [0.29, 0.717) is 11.5 Å². The quantitative estimate of drug-likeness (QED) is 0.742. The fraction of sp³-hybridized carbons (Fsp3) is 0.538. The predicted octanol–water partition coefficient (Wildman–Crippen LogP) is 2.79. The summed E-state index contributed by atoms with van der Waals surface area (Å²) in [6.07, 6.45) is 2.29. The van der Waals surface area contributed by atoms with Crippen LogP contribution in [0.3, 0.4) is 0 Å². The van der Waals surface area contributed by atoms with Crippen molar-refractivity contribution in [1.29, 1.82) is 0 Å². The molecule has 0 fully saturated rings. The minimum Gasteiger partial charge on any atom is -0.369 e. The first-order valence-electron chi connectivity index (χ1n) is 6.73. The summed E-state index contributed by atoms with van der Waals surface area (Å²) in [5.74, 6) is 3.02. The molecule has 0 aliphatic heterocycles. The van der Waals surface area contributed by atoms with Gasteiger partial charge in [-0.3, -0.25) is 0 Å². The van der Waals surface area contributed by atoms with Gasteiger partial charge in [0.1, 0.15) is 26.3 Å². The number of aromatic nitrogens is 2. The van der Waals surface area contributed by atoms with Gasteiger partial charge in [-0.1, -0.05) is 6.92 Å². The highest BCUT2D eigenvalue weighted by Crippen LogP contribution is 2.26. The average molecular weight is 346 g/mol. The van der Waals surface area contributed by atoms with Crippen molar-refractivity contribution in [3.8, 4) is 0 Å². The van der Waals surface area contributed by atoms with Gasteiger partial charge in [-0.2, -0.15) is 11.8 Å². The number of hydrogen-bond donors (Lipinski definition) is 1. The van der Waals surface area contributed by atoms with Crippen molar-refractivity contribution in [1.82, 2.24) is 9.97 Å². The van der Waals surface area contributed by atoms with Gasteiger partial charge in [-0.15, -0.1) is 11.3 Å². The van der Waals surface area contributed by atoms with E-state index >= 15 is 0 Å². The van der Waals surface area contributed by atoms with Crippen molar-refractivity contribution in [2.24, 2.45) is 0 Å². The standard InChI is InChI=1S/C13H19N3O2S3/c1-3-5-14-12-10-4-6-20-13(10)16-11(15-12)9-19-7-8-21(2,17)18/h4,6H,3,5,7-9H2,1-2H3,(H,14,15,16). The third-order valence-corrected chi connectivity index (χ3v) is 5.71. The van der Waals surface area contributed by atoms with Crippen LogP contribution in [0.15, 0.2) is 11.4 Å². The fourth-order valence-electron chi connectivity index (χ4n) is 1.72. The summed E-state index contributed by atoms with van der Waals surface area (Å²) < 4.78 is 22.2. The summed E-state index contributed by atoms with van der Waals surface area (Å²) in [5.41, 5.74) is 0. The van der Waals surface area contributed by atoms with E-state index in [1.165, 1.54) is 6.26 Å². The number of rotatable bonds is 8. The van der Waals surface area contributed by atoms with Crippen molar-refractivity contribution in [2.75, 3.05) is 29.6 Å². The maximum absolute atomic E-state index is 11.1. The van der Waals surface area contributed by atoms with Crippen LogP contribution in [0.4, 0.5) is 5.82 Å². The van der Waals surface area contributed by atoms with Crippen LogP contribution in [0.1, 0.15) is 19.2 Å². The Bertz CT molecular complexity index is 698. The second kappa shape index (κ2) is 7.42. The Balaban J connectivity index is 2.05. The lowest BCUT2D eigenvalue weighted by atomic mass is 10.3. The number of sulfone groups is 1. The third-order valence-electron chi connectivity index (χ3n) is 2.74. The molecule has 0 bridgehead atoms. The molecule has 2 aromatic rings. The van der Waals surface area contributed by atoms with E-state index in [1.54, 1.807) is 23.1 Å². The Morgan fingerprint density at radius 2 is 2.19 bits per heavy atom. The van der Waals surface area contributed by atoms with E-state index < -0.39 is 9.84 Å². The van der Waals surface area contributed by atoms with E-state index in [1.807, 2.05) is 11.4 Å². The molecule has 0 amide bonds. The molecule has 8 heteroatoms. The van der Waals surface area contributed by atoms with Gasteiger partial charge in [-0.25, -0.2) is 18.4 Å². The summed E-state index contributed by atoms with van der Waals surface area (Å²) in [5, 5.41) is 6.39. The Morgan fingerprint density at radius 1 is 1.38 bits per heavy atom. The molecule has 0 atom stereocenters. The summed E-state index contributed by atoms with van der Waals surface area (Å²) >= 11 is 3.15. The average Bonchev–Trinajstić information content (AvgIpc) is 2.88. The molecule has 0 unspecified atom stereocenters. The lowest BCUT2D eigenvalue weighted by Gasteiger charge is -2.07. The van der Waals surface area contributed by atoms with Crippen molar-refractivity contribution in [2.45, 2.75) is 19.1 Å². The maximum Gasteiger partial charge on any atom is 0.148 e. The van der Waals surface area contributed by atoms with Crippen molar-refractivity contribution in [3.63, 3.8) is 0 Å². The minimum atomic E-state index is -2.90. The molecule has 0 aliphatic rings. The summed E-state index contributed by atoms with van der Waals surface area (Å²) in [6, 6.07) is 2.03. The molecule has 0 aromatic carbocycles. The summed E-state index contributed by atoms with van der Waals surface area (Å²) in [6.45, 7) is 2.99. The topological polar surface area (TPSA) is 72.0 Å². The minimum absolute atomic E-state index is 0.194. The fourth-order valence-corrected chi connectivity index (χ4v) is 4.64. The van der Waals surface area contributed by atoms with E-state index in [9.17, 15) is 8.42 Å². The van der Waals surface area contributed by atoms with Crippen LogP contribution in [-0.4, -0.2) is 42.7 Å². The highest BCUT2D eigenvalue weighted by atomic mass is 32.2. The van der Waals surface area contributed by atoms with Gasteiger partial charge in [-0.05, 0) is 17.9 Å². The largest absolute Gasteiger partial charge is 0.369 e. The Hall–Kier alpha value is -0.860. The van der Waals surface area contributed by atoms with Gasteiger partial charge in [0.15, 0.2) is 0 Å². The maximum atomic E-state index is 11.1. The van der Waals surface area contributed by atoms with Gasteiger partial charge in [0.25, 0.3) is 0 Å². The van der Waals surface area contributed by atoms with E-state index in [0.717, 1.165) is 34.8 Å². The highest BCUT2D eigenvalue weighted by molar-refractivity contribution is 7.99. The number of fused-ring (bicyclic) bond motifs is 1. The van der Waals surface area contributed by atoms with Crippen LogP contribution in [0.5, 0.6) is 0 Å². The molecule has 2 aromatic heterocycles. The van der Waals surface area contributed by atoms with E-state index in [4.69, 9.17) is 0 Å². The van der Waals surface area contributed by atoms with Gasteiger partial charge in [0, 0.05) is 18.6 Å². The lowest BCUT2D eigenvalue weighted by molar-refractivity contribution is 0.603. The van der Waals surface area contributed by atoms with E-state index in [-0.39, 0.29) is 5.75 Å². The first-order chi connectivity index (χ1) is 9.99. The zero-order chi connectivity index (χ0) is 15.3.